The van der Waals surface area contributed by atoms with E-state index >= 15 is 0 Å². The van der Waals surface area contributed by atoms with Crippen LogP contribution in [0.2, 0.25) is 0 Å². The molecule has 0 atom stereocenters. The minimum atomic E-state index is 0.707. The molecule has 0 fully saturated rings. The molecule has 0 amide bonds. The van der Waals surface area contributed by atoms with Gasteiger partial charge in [-0.15, -0.1) is 0 Å². The zero-order valence-corrected chi connectivity index (χ0v) is 47.7. The topological polar surface area (TPSA) is 18.5 Å². The predicted octanol–water partition coefficient (Wildman–Crippen LogP) is 23.1. The fraction of sp³-hybridized carbons (Fsp3) is 0.400. The molecule has 8 rings (SSSR count). The van der Waals surface area contributed by atoms with Crippen LogP contribution in [0.15, 0.2) is 132 Å². The number of rotatable bonds is 29. The minimum Gasteiger partial charge on any atom is -0.493 e. The molecule has 10 heteroatoms. The highest BCUT2D eigenvalue weighted by atomic mass is 32.2. The number of hydrogen-bond donors (Lipinski definition) is 0. The van der Waals surface area contributed by atoms with E-state index in [1.54, 1.807) is 0 Å². The van der Waals surface area contributed by atoms with Gasteiger partial charge >= 0.3 is 0 Å². The third kappa shape index (κ3) is 16.4. The van der Waals surface area contributed by atoms with Gasteiger partial charge in [-0.3, -0.25) is 0 Å². The molecule has 370 valence electrons. The molecule has 0 saturated heterocycles. The van der Waals surface area contributed by atoms with Crippen LogP contribution in [0.4, 0.5) is 0 Å². The van der Waals surface area contributed by atoms with Crippen LogP contribution in [-0.2, 0) is 0 Å². The maximum atomic E-state index is 6.92. The molecular weight excluding hydrogens is 1010 g/mol. The summed E-state index contributed by atoms with van der Waals surface area (Å²) in [5, 5.41) is 18.1. The molecule has 0 radical (unpaired) electrons. The highest BCUT2D eigenvalue weighted by molar-refractivity contribution is 8.34. The van der Waals surface area contributed by atoms with Gasteiger partial charge in [-0.05, 0) is 114 Å². The lowest BCUT2D eigenvalue weighted by atomic mass is 9.91. The first-order valence-electron chi connectivity index (χ1n) is 26.0. The molecule has 2 nitrogen and oxygen atoms in total. The third-order valence-corrected chi connectivity index (χ3v) is 22.8. The van der Waals surface area contributed by atoms with Crippen LogP contribution in [0, 0.1) is 0 Å². The molecule has 0 aromatic heterocycles. The van der Waals surface area contributed by atoms with E-state index in [-0.39, 0.29) is 0 Å². The molecule has 0 saturated carbocycles. The van der Waals surface area contributed by atoms with Gasteiger partial charge in [0.15, 0.2) is 0 Å². The van der Waals surface area contributed by atoms with Crippen molar-refractivity contribution in [2.45, 2.75) is 142 Å². The normalized spacial score (nSPS) is 15.9. The van der Waals surface area contributed by atoms with Crippen LogP contribution in [0.1, 0.15) is 153 Å². The molecule has 4 aromatic rings. The second-order valence-electron chi connectivity index (χ2n) is 18.2. The zero-order chi connectivity index (χ0) is 48.0. The molecule has 70 heavy (non-hydrogen) atoms. The number of thioether (sulfide) groups is 8. The van der Waals surface area contributed by atoms with Gasteiger partial charge in [0.1, 0.15) is 11.5 Å². The van der Waals surface area contributed by atoms with Crippen LogP contribution in [0.3, 0.4) is 0 Å². The quantitative estimate of drug-likeness (QED) is 0.0488. The minimum absolute atomic E-state index is 0.707. The average molecular weight is 1080 g/mol. The van der Waals surface area contributed by atoms with Crippen molar-refractivity contribution in [2.24, 2.45) is 0 Å². The summed E-state index contributed by atoms with van der Waals surface area (Å²) in [6.07, 6.45) is 35.2. The molecule has 4 aliphatic heterocycles. The lowest BCUT2D eigenvalue weighted by Crippen LogP contribution is -2.03. The number of allylic oxidation sites excluding steroid dienone is 2. The van der Waals surface area contributed by atoms with Gasteiger partial charge in [0, 0.05) is 20.9 Å². The van der Waals surface area contributed by atoms with E-state index < -0.39 is 0 Å². The smallest absolute Gasteiger partial charge is 0.127 e. The second-order valence-corrected chi connectivity index (χ2v) is 26.8. The van der Waals surface area contributed by atoms with Gasteiger partial charge < -0.3 is 9.47 Å². The van der Waals surface area contributed by atoms with Gasteiger partial charge in [-0.1, -0.05) is 272 Å². The number of ether oxygens (including phenoxy) is 2. The standard InChI is InChI=1S/C60H70O2S8/c1-3-5-7-9-11-13-15-17-19-21-35-61-53-33-27-47-41-45(23-29-49-43-67-59(69-49)57-63-37-38-64-57)25-31-51(47)55(53)56-52-32-26-46(24-30-50-44-68-60(70-50)58-65-39-40-66-58)42-48(52)28-34-54(56)62-36-22-20-18-16-14-12-10-8-6-4-2/h23-34,37-44H,3-22,35-36H2,1-2H3/b29-23+,30-24+. The van der Waals surface area contributed by atoms with E-state index in [0.29, 0.717) is 13.2 Å². The molecule has 0 N–H and O–H groups in total. The van der Waals surface area contributed by atoms with E-state index in [0.717, 1.165) is 35.5 Å². The monoisotopic (exact) mass is 1080 g/mol. The Labute approximate surface area is 454 Å². The highest BCUT2D eigenvalue weighted by Gasteiger charge is 2.22. The lowest BCUT2D eigenvalue weighted by Gasteiger charge is -2.20. The molecule has 0 spiro atoms. The maximum absolute atomic E-state index is 6.92. The van der Waals surface area contributed by atoms with Crippen LogP contribution in [0.5, 0.6) is 11.5 Å². The summed E-state index contributed by atoms with van der Waals surface area (Å²) in [5.74, 6) is 1.88. The Bertz CT molecular complexity index is 2420. The highest BCUT2D eigenvalue weighted by Crippen LogP contribution is 2.55. The number of fused-ring (bicyclic) bond motifs is 2. The molecule has 4 aliphatic rings. The van der Waals surface area contributed by atoms with Crippen LogP contribution in [-0.4, -0.2) is 13.2 Å². The summed E-state index contributed by atoms with van der Waals surface area (Å²) in [6, 6.07) is 22.9. The van der Waals surface area contributed by atoms with Crippen molar-refractivity contribution in [1.82, 2.24) is 0 Å². The van der Waals surface area contributed by atoms with Gasteiger partial charge in [-0.2, -0.15) is 0 Å². The zero-order valence-electron chi connectivity index (χ0n) is 41.2. The van der Waals surface area contributed by atoms with Gasteiger partial charge in [0.05, 0.1) is 30.2 Å². The molecule has 0 unspecified atom stereocenters. The fourth-order valence-corrected chi connectivity index (χ4v) is 17.7. The van der Waals surface area contributed by atoms with Crippen molar-refractivity contribution in [3.63, 3.8) is 0 Å². The van der Waals surface area contributed by atoms with Crippen LogP contribution in [0.25, 0.3) is 44.8 Å². The second kappa shape index (κ2) is 30.2. The summed E-state index contributed by atoms with van der Waals surface area (Å²) in [5.41, 5.74) is 4.66. The lowest BCUT2D eigenvalue weighted by molar-refractivity contribution is 0.301. The van der Waals surface area contributed by atoms with E-state index in [1.807, 2.05) is 94.1 Å². The van der Waals surface area contributed by atoms with Crippen molar-refractivity contribution < 1.29 is 9.47 Å². The van der Waals surface area contributed by atoms with Crippen molar-refractivity contribution in [2.75, 3.05) is 13.2 Å². The summed E-state index contributed by atoms with van der Waals surface area (Å²) in [4.78, 5) is 2.57. The molecular formula is C60H70O2S8. The predicted molar refractivity (Wildman–Crippen MR) is 329 cm³/mol. The molecule has 4 aromatic carbocycles. The number of unbranched alkanes of at least 4 members (excludes halogenated alkanes) is 18. The fourth-order valence-electron chi connectivity index (χ4n) is 8.99. The van der Waals surface area contributed by atoms with Crippen LogP contribution < -0.4 is 9.47 Å². The van der Waals surface area contributed by atoms with Gasteiger partial charge in [-0.25, -0.2) is 0 Å². The van der Waals surface area contributed by atoms with E-state index in [9.17, 15) is 0 Å². The van der Waals surface area contributed by atoms with Gasteiger partial charge in [0.2, 0.25) is 0 Å². The Hall–Kier alpha value is -2.28. The Balaban J connectivity index is 1.05. The first-order valence-corrected chi connectivity index (χ1v) is 32.9. The van der Waals surface area contributed by atoms with Gasteiger partial charge in [0.25, 0.3) is 0 Å². The Morgan fingerprint density at radius 3 is 1.13 bits per heavy atom. The van der Waals surface area contributed by atoms with E-state index in [4.69, 9.17) is 9.47 Å². The first kappa shape index (κ1) is 54.0. The van der Waals surface area contributed by atoms with Crippen molar-refractivity contribution >= 4 is 128 Å². The largest absolute Gasteiger partial charge is 0.493 e. The third-order valence-electron chi connectivity index (χ3n) is 12.8. The summed E-state index contributed by atoms with van der Waals surface area (Å²) in [6.45, 7) is 6.01. The van der Waals surface area contributed by atoms with E-state index in [1.165, 1.54) is 175 Å². The number of hydrogen-bond acceptors (Lipinski definition) is 10. The molecule has 0 bridgehead atoms. The SMILES string of the molecule is CCCCCCCCCCCCOc1ccc2cc(/C=C/C3=CSC(=C4SC=CS4)S3)ccc2c1-c1c(OCCCCCCCCCCCC)ccc2cc(/C=C/C3=CSC(=C4SC=CS4)S3)ccc12. The first-order chi connectivity index (χ1) is 34.7. The Kier molecular flexibility index (Phi) is 23.3. The Morgan fingerprint density at radius 2 is 0.743 bits per heavy atom. The average Bonchev–Trinajstić information content (AvgIpc) is 4.25. The van der Waals surface area contributed by atoms with E-state index in [2.05, 4.69) is 131 Å². The maximum Gasteiger partial charge on any atom is 0.127 e. The summed E-state index contributed by atoms with van der Waals surface area (Å²) in [7, 11) is 0. The van der Waals surface area contributed by atoms with Crippen molar-refractivity contribution in [3.8, 4) is 22.6 Å². The summed E-state index contributed by atoms with van der Waals surface area (Å²) < 4.78 is 19.4. The van der Waals surface area contributed by atoms with Crippen LogP contribution >= 0.6 is 94.1 Å². The molecule has 4 heterocycles. The molecule has 0 aliphatic carbocycles. The Morgan fingerprint density at radius 1 is 0.371 bits per heavy atom. The summed E-state index contributed by atoms with van der Waals surface area (Å²) >= 11 is 14.7. The van der Waals surface area contributed by atoms with Crippen molar-refractivity contribution in [1.29, 1.82) is 0 Å². The van der Waals surface area contributed by atoms with Crippen molar-refractivity contribution in [3.05, 3.63) is 143 Å². The number of benzene rings is 4.